The standard InChI is InChI=1S/C23H23N3O4/c1-15(16-5-3-2-4-6-16)23(27)26-11-9-17(10-12-26)22-24-21(25-30-22)18-7-8-19-20(13-18)29-14-28-19/h2-8,13,15,17H,9-12,14H2,1H3/t15-/m1/s1. The van der Waals surface area contributed by atoms with Gasteiger partial charge < -0.3 is 18.9 Å². The molecule has 1 aromatic heterocycles. The predicted molar refractivity (Wildman–Crippen MR) is 109 cm³/mol. The highest BCUT2D eigenvalue weighted by atomic mass is 16.7. The van der Waals surface area contributed by atoms with E-state index in [2.05, 4.69) is 10.1 Å². The van der Waals surface area contributed by atoms with Crippen molar-refractivity contribution < 1.29 is 18.8 Å². The lowest BCUT2D eigenvalue weighted by Crippen LogP contribution is -2.40. The lowest BCUT2D eigenvalue weighted by Gasteiger charge is -2.32. The summed E-state index contributed by atoms with van der Waals surface area (Å²) in [5.74, 6) is 2.79. The molecule has 1 saturated heterocycles. The summed E-state index contributed by atoms with van der Waals surface area (Å²) in [5, 5.41) is 4.15. The molecule has 3 heterocycles. The molecule has 7 heteroatoms. The molecular formula is C23H23N3O4. The molecule has 0 N–H and O–H groups in total. The SMILES string of the molecule is C[C@@H](C(=O)N1CCC(c2nc(-c3ccc4c(c3)OCO4)no2)CC1)c1ccccc1. The number of hydrogen-bond donors (Lipinski definition) is 0. The van der Waals surface area contributed by atoms with Crippen LogP contribution in [0.5, 0.6) is 11.5 Å². The molecule has 1 fully saturated rings. The van der Waals surface area contributed by atoms with Crippen LogP contribution in [-0.4, -0.2) is 40.8 Å². The molecule has 0 bridgehead atoms. The van der Waals surface area contributed by atoms with Crippen LogP contribution in [0.4, 0.5) is 0 Å². The highest BCUT2D eigenvalue weighted by molar-refractivity contribution is 5.83. The van der Waals surface area contributed by atoms with Crippen molar-refractivity contribution in [2.45, 2.75) is 31.6 Å². The van der Waals surface area contributed by atoms with E-state index >= 15 is 0 Å². The Hall–Kier alpha value is -3.35. The summed E-state index contributed by atoms with van der Waals surface area (Å²) in [7, 11) is 0. The Morgan fingerprint density at radius 2 is 1.83 bits per heavy atom. The molecule has 0 spiro atoms. The van der Waals surface area contributed by atoms with E-state index in [4.69, 9.17) is 14.0 Å². The van der Waals surface area contributed by atoms with E-state index in [9.17, 15) is 4.79 Å². The van der Waals surface area contributed by atoms with Crippen molar-refractivity contribution in [3.05, 3.63) is 60.0 Å². The molecule has 0 radical (unpaired) electrons. The van der Waals surface area contributed by atoms with Gasteiger partial charge in [0.1, 0.15) is 0 Å². The van der Waals surface area contributed by atoms with Crippen LogP contribution in [0.2, 0.25) is 0 Å². The number of likely N-dealkylation sites (tertiary alicyclic amines) is 1. The Balaban J connectivity index is 1.23. The fourth-order valence-electron chi connectivity index (χ4n) is 4.06. The maximum Gasteiger partial charge on any atom is 0.231 e. The zero-order valence-electron chi connectivity index (χ0n) is 16.8. The first-order chi connectivity index (χ1) is 14.7. The van der Waals surface area contributed by atoms with Crippen LogP contribution >= 0.6 is 0 Å². The van der Waals surface area contributed by atoms with Gasteiger partial charge in [0.25, 0.3) is 0 Å². The number of hydrogen-bond acceptors (Lipinski definition) is 6. The molecular weight excluding hydrogens is 382 g/mol. The summed E-state index contributed by atoms with van der Waals surface area (Å²) in [6, 6.07) is 15.5. The van der Waals surface area contributed by atoms with Gasteiger partial charge in [-0.05, 0) is 43.5 Å². The van der Waals surface area contributed by atoms with Gasteiger partial charge in [0.15, 0.2) is 11.5 Å². The molecule has 5 rings (SSSR count). The van der Waals surface area contributed by atoms with Crippen LogP contribution < -0.4 is 9.47 Å². The quantitative estimate of drug-likeness (QED) is 0.654. The third-order valence-corrected chi connectivity index (χ3v) is 5.90. The number of benzene rings is 2. The van der Waals surface area contributed by atoms with Gasteiger partial charge in [-0.25, -0.2) is 0 Å². The number of nitrogens with zero attached hydrogens (tertiary/aromatic N) is 3. The molecule has 7 nitrogen and oxygen atoms in total. The van der Waals surface area contributed by atoms with Crippen LogP contribution in [0.3, 0.4) is 0 Å². The fraction of sp³-hybridized carbons (Fsp3) is 0.348. The number of fused-ring (bicyclic) bond motifs is 1. The Bertz CT molecular complexity index is 1040. The highest BCUT2D eigenvalue weighted by Gasteiger charge is 2.30. The number of ether oxygens (including phenoxy) is 2. The molecule has 30 heavy (non-hydrogen) atoms. The molecule has 3 aromatic rings. The zero-order chi connectivity index (χ0) is 20.5. The van der Waals surface area contributed by atoms with Gasteiger partial charge in [-0.2, -0.15) is 4.98 Å². The second-order valence-electron chi connectivity index (χ2n) is 7.76. The van der Waals surface area contributed by atoms with Crippen molar-refractivity contribution in [1.29, 1.82) is 0 Å². The fourth-order valence-corrected chi connectivity index (χ4v) is 4.06. The van der Waals surface area contributed by atoms with Crippen LogP contribution in [0.25, 0.3) is 11.4 Å². The summed E-state index contributed by atoms with van der Waals surface area (Å²) in [6.45, 7) is 3.60. The minimum absolute atomic E-state index is 0.135. The van der Waals surface area contributed by atoms with Gasteiger partial charge in [0, 0.05) is 24.6 Å². The van der Waals surface area contributed by atoms with E-state index in [1.165, 1.54) is 0 Å². The van der Waals surface area contributed by atoms with E-state index in [1.54, 1.807) is 0 Å². The minimum atomic E-state index is -0.135. The minimum Gasteiger partial charge on any atom is -0.454 e. The number of aromatic nitrogens is 2. The van der Waals surface area contributed by atoms with E-state index in [0.29, 0.717) is 30.6 Å². The van der Waals surface area contributed by atoms with Gasteiger partial charge in [-0.1, -0.05) is 35.5 Å². The summed E-state index contributed by atoms with van der Waals surface area (Å²) in [4.78, 5) is 19.4. The van der Waals surface area contributed by atoms with Crippen molar-refractivity contribution >= 4 is 5.91 Å². The van der Waals surface area contributed by atoms with Gasteiger partial charge in [-0.3, -0.25) is 4.79 Å². The first-order valence-corrected chi connectivity index (χ1v) is 10.3. The first-order valence-electron chi connectivity index (χ1n) is 10.3. The van der Waals surface area contributed by atoms with E-state index in [1.807, 2.05) is 60.4 Å². The second kappa shape index (κ2) is 7.82. The molecule has 0 unspecified atom stereocenters. The third kappa shape index (κ3) is 3.51. The topological polar surface area (TPSA) is 77.7 Å². The molecule has 154 valence electrons. The highest BCUT2D eigenvalue weighted by Crippen LogP contribution is 2.36. The molecule has 1 atom stereocenters. The van der Waals surface area contributed by atoms with E-state index in [-0.39, 0.29) is 24.5 Å². The largest absolute Gasteiger partial charge is 0.454 e. The monoisotopic (exact) mass is 405 g/mol. The molecule has 2 aliphatic rings. The third-order valence-electron chi connectivity index (χ3n) is 5.90. The molecule has 1 amide bonds. The average molecular weight is 405 g/mol. The van der Waals surface area contributed by atoms with Gasteiger partial charge in [-0.15, -0.1) is 0 Å². The summed E-state index contributed by atoms with van der Waals surface area (Å²) in [5.41, 5.74) is 1.88. The van der Waals surface area contributed by atoms with Gasteiger partial charge in [0.2, 0.25) is 24.4 Å². The Kier molecular flexibility index (Phi) is 4.86. The maximum absolute atomic E-state index is 12.9. The summed E-state index contributed by atoms with van der Waals surface area (Å²) in [6.07, 6.45) is 1.63. The van der Waals surface area contributed by atoms with Crippen molar-refractivity contribution in [1.82, 2.24) is 15.0 Å². The number of carbonyl (C=O) groups excluding carboxylic acids is 1. The zero-order valence-corrected chi connectivity index (χ0v) is 16.8. The van der Waals surface area contributed by atoms with Crippen LogP contribution in [0, 0.1) is 0 Å². The van der Waals surface area contributed by atoms with Gasteiger partial charge >= 0.3 is 0 Å². The van der Waals surface area contributed by atoms with E-state index < -0.39 is 0 Å². The van der Waals surface area contributed by atoms with Crippen LogP contribution in [0.1, 0.15) is 43.1 Å². The Morgan fingerprint density at radius 3 is 2.63 bits per heavy atom. The predicted octanol–water partition coefficient (Wildman–Crippen LogP) is 3.98. The summed E-state index contributed by atoms with van der Waals surface area (Å²) < 4.78 is 16.3. The first kappa shape index (κ1) is 18.7. The molecule has 2 aromatic carbocycles. The number of piperidine rings is 1. The average Bonchev–Trinajstić information content (AvgIpc) is 3.48. The van der Waals surface area contributed by atoms with Crippen LogP contribution in [-0.2, 0) is 4.79 Å². The lowest BCUT2D eigenvalue weighted by molar-refractivity contribution is -0.133. The lowest BCUT2D eigenvalue weighted by atomic mass is 9.94. The number of rotatable bonds is 4. The van der Waals surface area contributed by atoms with Gasteiger partial charge in [0.05, 0.1) is 5.92 Å². The smallest absolute Gasteiger partial charge is 0.231 e. The molecule has 2 aliphatic heterocycles. The summed E-state index contributed by atoms with van der Waals surface area (Å²) >= 11 is 0. The molecule has 0 saturated carbocycles. The second-order valence-corrected chi connectivity index (χ2v) is 7.76. The van der Waals surface area contributed by atoms with Crippen molar-refractivity contribution in [3.63, 3.8) is 0 Å². The molecule has 0 aliphatic carbocycles. The normalized spacial score (nSPS) is 17.2. The number of amides is 1. The Labute approximate surface area is 174 Å². The van der Waals surface area contributed by atoms with Crippen molar-refractivity contribution in [3.8, 4) is 22.9 Å². The maximum atomic E-state index is 12.9. The van der Waals surface area contributed by atoms with E-state index in [0.717, 1.165) is 29.7 Å². The van der Waals surface area contributed by atoms with Crippen molar-refractivity contribution in [2.24, 2.45) is 0 Å². The number of carbonyl (C=O) groups is 1. The Morgan fingerprint density at radius 1 is 1.07 bits per heavy atom. The van der Waals surface area contributed by atoms with Crippen LogP contribution in [0.15, 0.2) is 53.1 Å². The van der Waals surface area contributed by atoms with Crippen molar-refractivity contribution in [2.75, 3.05) is 19.9 Å².